The molecule has 1 heterocycles. The molecule has 0 N–H and O–H groups in total. The van der Waals surface area contributed by atoms with Crippen molar-refractivity contribution in [2.75, 3.05) is 6.61 Å². The van der Waals surface area contributed by atoms with E-state index in [2.05, 4.69) is 57.2 Å². The fraction of sp³-hybridized carbons (Fsp3) is 0.529. The van der Waals surface area contributed by atoms with E-state index in [1.54, 1.807) is 0 Å². The van der Waals surface area contributed by atoms with E-state index in [4.69, 9.17) is 4.74 Å². The van der Waals surface area contributed by atoms with E-state index in [0.29, 0.717) is 17.8 Å². The van der Waals surface area contributed by atoms with Gasteiger partial charge in [-0.1, -0.05) is 55.8 Å². The number of rotatable bonds is 1. The normalized spacial score (nSPS) is 39.3. The van der Waals surface area contributed by atoms with Gasteiger partial charge in [0.15, 0.2) is 0 Å². The van der Waals surface area contributed by atoms with Gasteiger partial charge in [-0.2, -0.15) is 0 Å². The zero-order valence-electron chi connectivity index (χ0n) is 11.5. The molecule has 1 fully saturated rings. The highest BCUT2D eigenvalue weighted by Crippen LogP contribution is 2.49. The summed E-state index contributed by atoms with van der Waals surface area (Å²) in [5, 5.41) is 0. The summed E-state index contributed by atoms with van der Waals surface area (Å²) in [6.45, 7) is 7.91. The Hall–Kier alpha value is -1.08. The average molecular weight is 242 g/mol. The van der Waals surface area contributed by atoms with Crippen molar-refractivity contribution in [3.8, 4) is 0 Å². The maximum atomic E-state index is 6.20. The SMILES string of the molecule is CC1=C[C@H](C)[C@H]2CO[C@H](c3ccccc3)[C@H]1[C@H]2C. The lowest BCUT2D eigenvalue weighted by Gasteiger charge is -2.47. The molecule has 0 unspecified atom stereocenters. The van der Waals surface area contributed by atoms with E-state index in [1.807, 2.05) is 0 Å². The molecular weight excluding hydrogens is 220 g/mol. The van der Waals surface area contributed by atoms with Gasteiger partial charge in [0.1, 0.15) is 0 Å². The summed E-state index contributed by atoms with van der Waals surface area (Å²) < 4.78 is 6.20. The Labute approximate surface area is 110 Å². The van der Waals surface area contributed by atoms with Gasteiger partial charge in [0.2, 0.25) is 0 Å². The fourth-order valence-corrected chi connectivity index (χ4v) is 3.89. The van der Waals surface area contributed by atoms with Crippen LogP contribution < -0.4 is 0 Å². The highest BCUT2D eigenvalue weighted by Gasteiger charge is 2.43. The predicted molar refractivity (Wildman–Crippen MR) is 74.2 cm³/mol. The van der Waals surface area contributed by atoms with Crippen molar-refractivity contribution in [2.45, 2.75) is 26.9 Å². The standard InChI is InChI=1S/C17H22O/c1-11-9-12(2)16-13(3)15(11)10-18-17(16)14-7-5-4-6-8-14/h4-9,11,13,15-17H,10H2,1-3H3/t11-,13-,15+,16+,17+/m0/s1. The molecule has 1 heteroatoms. The molecule has 0 spiro atoms. The van der Waals surface area contributed by atoms with Crippen molar-refractivity contribution in [1.82, 2.24) is 0 Å². The first kappa shape index (κ1) is 12.0. The summed E-state index contributed by atoms with van der Waals surface area (Å²) in [7, 11) is 0. The van der Waals surface area contributed by atoms with E-state index >= 15 is 0 Å². The molecule has 0 amide bonds. The maximum Gasteiger partial charge on any atom is 0.0892 e. The Morgan fingerprint density at radius 2 is 1.83 bits per heavy atom. The maximum absolute atomic E-state index is 6.20. The number of hydrogen-bond donors (Lipinski definition) is 0. The fourth-order valence-electron chi connectivity index (χ4n) is 3.89. The molecule has 5 atom stereocenters. The molecular formula is C17H22O. The van der Waals surface area contributed by atoms with Gasteiger partial charge in [-0.25, -0.2) is 0 Å². The average Bonchev–Trinajstić information content (AvgIpc) is 2.37. The second-order valence-corrected chi connectivity index (χ2v) is 5.98. The minimum atomic E-state index is 0.251. The second kappa shape index (κ2) is 4.55. The number of allylic oxidation sites excluding steroid dienone is 1. The van der Waals surface area contributed by atoms with E-state index < -0.39 is 0 Å². The molecule has 2 aliphatic rings. The van der Waals surface area contributed by atoms with Gasteiger partial charge in [-0.15, -0.1) is 0 Å². The number of hydrogen-bond acceptors (Lipinski definition) is 1. The van der Waals surface area contributed by atoms with Crippen LogP contribution in [0.15, 0.2) is 42.0 Å². The first-order valence-electron chi connectivity index (χ1n) is 7.03. The molecule has 2 bridgehead atoms. The largest absolute Gasteiger partial charge is 0.373 e. The van der Waals surface area contributed by atoms with Crippen LogP contribution in [0.2, 0.25) is 0 Å². The Morgan fingerprint density at radius 1 is 1.11 bits per heavy atom. The quantitative estimate of drug-likeness (QED) is 0.670. The van der Waals surface area contributed by atoms with Crippen molar-refractivity contribution in [2.24, 2.45) is 23.7 Å². The van der Waals surface area contributed by atoms with Crippen LogP contribution in [0.1, 0.15) is 32.4 Å². The number of ether oxygens (including phenoxy) is 1. The third-order valence-electron chi connectivity index (χ3n) is 4.89. The first-order chi connectivity index (χ1) is 8.68. The van der Waals surface area contributed by atoms with Crippen LogP contribution in [0.3, 0.4) is 0 Å². The Morgan fingerprint density at radius 3 is 2.56 bits per heavy atom. The van der Waals surface area contributed by atoms with E-state index in [-0.39, 0.29) is 6.10 Å². The minimum absolute atomic E-state index is 0.251. The molecule has 0 aromatic heterocycles. The smallest absolute Gasteiger partial charge is 0.0892 e. The summed E-state index contributed by atoms with van der Waals surface area (Å²) in [5.74, 6) is 2.64. The van der Waals surface area contributed by atoms with Gasteiger partial charge in [-0.05, 0) is 30.2 Å². The monoisotopic (exact) mass is 242 g/mol. The first-order valence-corrected chi connectivity index (χ1v) is 7.03. The molecule has 96 valence electrons. The van der Waals surface area contributed by atoms with Gasteiger partial charge in [-0.3, -0.25) is 0 Å². The van der Waals surface area contributed by atoms with Gasteiger partial charge in [0, 0.05) is 5.92 Å². The summed E-state index contributed by atoms with van der Waals surface area (Å²) in [6.07, 6.45) is 2.72. The summed E-state index contributed by atoms with van der Waals surface area (Å²) in [5.41, 5.74) is 2.84. The van der Waals surface area contributed by atoms with Gasteiger partial charge < -0.3 is 4.74 Å². The summed E-state index contributed by atoms with van der Waals surface area (Å²) in [4.78, 5) is 0. The lowest BCUT2D eigenvalue weighted by molar-refractivity contribution is -0.0934. The highest BCUT2D eigenvalue weighted by molar-refractivity contribution is 5.25. The van der Waals surface area contributed by atoms with Crippen molar-refractivity contribution < 1.29 is 4.74 Å². The summed E-state index contributed by atoms with van der Waals surface area (Å²) >= 11 is 0. The Kier molecular flexibility index (Phi) is 3.03. The van der Waals surface area contributed by atoms with Crippen LogP contribution >= 0.6 is 0 Å². The highest BCUT2D eigenvalue weighted by atomic mass is 16.5. The van der Waals surface area contributed by atoms with E-state index in [1.165, 1.54) is 11.1 Å². The molecule has 1 aromatic rings. The number of fused-ring (bicyclic) bond motifs is 2. The van der Waals surface area contributed by atoms with Gasteiger partial charge in [0.25, 0.3) is 0 Å². The molecule has 1 aliphatic heterocycles. The van der Waals surface area contributed by atoms with Crippen LogP contribution in [0.5, 0.6) is 0 Å². The predicted octanol–water partition coefficient (Wildman–Crippen LogP) is 4.22. The lowest BCUT2D eigenvalue weighted by atomic mass is 9.65. The third kappa shape index (κ3) is 1.81. The van der Waals surface area contributed by atoms with Gasteiger partial charge >= 0.3 is 0 Å². The van der Waals surface area contributed by atoms with Crippen molar-refractivity contribution >= 4 is 0 Å². The summed E-state index contributed by atoms with van der Waals surface area (Å²) in [6, 6.07) is 10.7. The van der Waals surface area contributed by atoms with Crippen LogP contribution in [-0.2, 0) is 4.74 Å². The zero-order chi connectivity index (χ0) is 12.7. The minimum Gasteiger partial charge on any atom is -0.373 e. The van der Waals surface area contributed by atoms with Crippen LogP contribution in [0.25, 0.3) is 0 Å². The molecule has 0 radical (unpaired) electrons. The van der Waals surface area contributed by atoms with Crippen molar-refractivity contribution in [3.63, 3.8) is 0 Å². The molecule has 0 saturated carbocycles. The van der Waals surface area contributed by atoms with E-state index in [9.17, 15) is 0 Å². The topological polar surface area (TPSA) is 9.23 Å². The molecule has 1 aromatic carbocycles. The molecule has 3 rings (SSSR count). The Bertz CT molecular complexity index is 448. The van der Waals surface area contributed by atoms with E-state index in [0.717, 1.165) is 12.5 Å². The van der Waals surface area contributed by atoms with Gasteiger partial charge in [0.05, 0.1) is 12.7 Å². The van der Waals surface area contributed by atoms with Crippen molar-refractivity contribution in [3.05, 3.63) is 47.5 Å². The number of benzene rings is 1. The molecule has 1 aliphatic carbocycles. The zero-order valence-corrected chi connectivity index (χ0v) is 11.5. The Balaban J connectivity index is 1.97. The molecule has 1 saturated heterocycles. The lowest BCUT2D eigenvalue weighted by Crippen LogP contribution is -2.42. The van der Waals surface area contributed by atoms with Crippen molar-refractivity contribution in [1.29, 1.82) is 0 Å². The van der Waals surface area contributed by atoms with Crippen LogP contribution in [0, 0.1) is 23.7 Å². The molecule has 1 nitrogen and oxygen atoms in total. The van der Waals surface area contributed by atoms with Crippen LogP contribution in [-0.4, -0.2) is 6.61 Å². The second-order valence-electron chi connectivity index (χ2n) is 5.98. The molecule has 18 heavy (non-hydrogen) atoms. The van der Waals surface area contributed by atoms with Crippen LogP contribution in [0.4, 0.5) is 0 Å². The third-order valence-corrected chi connectivity index (χ3v) is 4.89.